The molecule has 5 rings (SSSR count). The highest BCUT2D eigenvalue weighted by atomic mass is 19.1. The zero-order valence-corrected chi connectivity index (χ0v) is 16.5. The maximum atomic E-state index is 14.3. The van der Waals surface area contributed by atoms with Gasteiger partial charge in [0.2, 0.25) is 11.9 Å². The predicted octanol–water partition coefficient (Wildman–Crippen LogP) is 5.95. The predicted molar refractivity (Wildman–Crippen MR) is 127 cm³/mol. The zero-order chi connectivity index (χ0) is 21.0. The van der Waals surface area contributed by atoms with E-state index >= 15 is 0 Å². The Labute approximate surface area is 185 Å². The Balaban J connectivity index is 0.00000245. The van der Waals surface area contributed by atoms with Gasteiger partial charge in [-0.05, 0) is 29.8 Å². The molecule has 32 heavy (non-hydrogen) atoms. The molecule has 0 bridgehead atoms. The lowest BCUT2D eigenvalue weighted by Crippen LogP contribution is -2.06. The highest BCUT2D eigenvalue weighted by molar-refractivity contribution is 5.79. The molecule has 0 saturated carbocycles. The van der Waals surface area contributed by atoms with Crippen molar-refractivity contribution < 1.29 is 4.39 Å². The fraction of sp³-hybridized carbons (Fsp3) is 0.0800. The molecule has 0 aliphatic carbocycles. The van der Waals surface area contributed by atoms with Crippen LogP contribution in [-0.2, 0) is 6.54 Å². The first-order chi connectivity index (χ1) is 15.3. The monoisotopic (exact) mass is 426 g/mol. The normalized spacial score (nSPS) is 10.5. The Kier molecular flexibility index (Phi) is 6.07. The van der Waals surface area contributed by atoms with E-state index in [9.17, 15) is 4.39 Å². The smallest absolute Gasteiger partial charge is 0.225 e. The number of fused-ring (bicyclic) bond motifs is 1. The minimum absolute atomic E-state index is 0. The number of halogens is 1. The van der Waals surface area contributed by atoms with Gasteiger partial charge >= 0.3 is 0 Å². The molecular weight excluding hydrogens is 403 g/mol. The van der Waals surface area contributed by atoms with Gasteiger partial charge in [-0.1, -0.05) is 68.1 Å². The zero-order valence-electron chi connectivity index (χ0n) is 16.5. The number of anilines is 3. The lowest BCUT2D eigenvalue weighted by atomic mass is 10.2. The Morgan fingerprint density at radius 2 is 1.50 bits per heavy atom. The molecule has 2 aromatic heterocycles. The first kappa shape index (κ1) is 21.0. The van der Waals surface area contributed by atoms with Gasteiger partial charge in [-0.15, -0.1) is 0 Å². The number of aromatic nitrogens is 4. The van der Waals surface area contributed by atoms with Gasteiger partial charge in [0.25, 0.3) is 0 Å². The van der Waals surface area contributed by atoms with Crippen molar-refractivity contribution in [3.8, 4) is 5.69 Å². The molecule has 0 amide bonds. The van der Waals surface area contributed by atoms with Crippen LogP contribution in [0.3, 0.4) is 0 Å². The fourth-order valence-corrected chi connectivity index (χ4v) is 3.32. The van der Waals surface area contributed by atoms with Gasteiger partial charge in [-0.25, -0.2) is 14.4 Å². The molecule has 2 heterocycles. The van der Waals surface area contributed by atoms with Crippen LogP contribution < -0.4 is 10.6 Å². The number of rotatable bonds is 6. The van der Waals surface area contributed by atoms with Crippen molar-refractivity contribution in [3.05, 3.63) is 103 Å². The third-order valence-corrected chi connectivity index (χ3v) is 4.83. The molecule has 0 aliphatic heterocycles. The summed E-state index contributed by atoms with van der Waals surface area (Å²) in [5.41, 5.74) is 3.55. The third kappa shape index (κ3) is 4.27. The standard InChI is InChI=1S/C24H19FN6.CH4/c25-19-13-7-8-14-20(19)28-24-29-21-16-27-23(26-15-17-9-3-1-4-10-17)30-22(21)31(24)18-11-5-2-6-12-18;/h1-14,16H,15H2,(H,28,29)(H,26,27,30);1H4. The Hall–Kier alpha value is -4.26. The molecule has 7 heteroatoms. The van der Waals surface area contributed by atoms with Crippen molar-refractivity contribution in [2.45, 2.75) is 14.0 Å². The molecule has 160 valence electrons. The third-order valence-electron chi connectivity index (χ3n) is 4.83. The summed E-state index contributed by atoms with van der Waals surface area (Å²) in [5.74, 6) is 0.595. The topological polar surface area (TPSA) is 67.7 Å². The molecule has 2 N–H and O–H groups in total. The molecule has 0 spiro atoms. The molecule has 3 aromatic carbocycles. The van der Waals surface area contributed by atoms with E-state index in [-0.39, 0.29) is 13.2 Å². The maximum Gasteiger partial charge on any atom is 0.225 e. The van der Waals surface area contributed by atoms with E-state index in [1.165, 1.54) is 6.07 Å². The second-order valence-corrected chi connectivity index (χ2v) is 6.95. The van der Waals surface area contributed by atoms with Gasteiger partial charge in [0, 0.05) is 6.54 Å². The SMILES string of the molecule is C.Fc1ccccc1Nc1nc2cnc(NCc3ccccc3)nc2n1-c1ccccc1. The summed E-state index contributed by atoms with van der Waals surface area (Å²) in [6.45, 7) is 0.603. The van der Waals surface area contributed by atoms with Crippen LogP contribution in [0, 0.1) is 5.82 Å². The molecule has 0 saturated heterocycles. The summed E-state index contributed by atoms with van der Waals surface area (Å²) < 4.78 is 16.1. The largest absolute Gasteiger partial charge is 0.350 e. The van der Waals surface area contributed by atoms with E-state index in [4.69, 9.17) is 4.98 Å². The molecule has 6 nitrogen and oxygen atoms in total. The highest BCUT2D eigenvalue weighted by Gasteiger charge is 2.16. The molecule has 0 atom stereocenters. The minimum atomic E-state index is -0.356. The van der Waals surface area contributed by atoms with Gasteiger partial charge in [0.05, 0.1) is 17.6 Å². The Morgan fingerprint density at radius 3 is 2.25 bits per heavy atom. The average molecular weight is 426 g/mol. The van der Waals surface area contributed by atoms with E-state index in [0.29, 0.717) is 35.3 Å². The van der Waals surface area contributed by atoms with Gasteiger partial charge in [0.1, 0.15) is 11.3 Å². The number of benzene rings is 3. The number of nitrogens with one attached hydrogen (secondary N) is 2. The van der Waals surface area contributed by atoms with Crippen LogP contribution in [0.2, 0.25) is 0 Å². The summed E-state index contributed by atoms with van der Waals surface area (Å²) in [6.07, 6.45) is 1.67. The second-order valence-electron chi connectivity index (χ2n) is 6.95. The molecule has 0 aliphatic rings. The lowest BCUT2D eigenvalue weighted by molar-refractivity contribution is 0.631. The second kappa shape index (κ2) is 9.26. The first-order valence-corrected chi connectivity index (χ1v) is 9.88. The van der Waals surface area contributed by atoms with E-state index in [0.717, 1.165) is 11.3 Å². The summed E-state index contributed by atoms with van der Waals surface area (Å²) >= 11 is 0. The van der Waals surface area contributed by atoms with Crippen LogP contribution >= 0.6 is 0 Å². The van der Waals surface area contributed by atoms with Crippen LogP contribution in [-0.4, -0.2) is 19.5 Å². The quantitative estimate of drug-likeness (QED) is 0.351. The van der Waals surface area contributed by atoms with Gasteiger partial charge < -0.3 is 10.6 Å². The number of hydrogen-bond donors (Lipinski definition) is 2. The number of para-hydroxylation sites is 2. The molecule has 5 aromatic rings. The van der Waals surface area contributed by atoms with Crippen molar-refractivity contribution in [1.29, 1.82) is 0 Å². The van der Waals surface area contributed by atoms with Crippen LogP contribution in [0.4, 0.5) is 22.0 Å². The van der Waals surface area contributed by atoms with Crippen LogP contribution in [0.1, 0.15) is 13.0 Å². The summed E-state index contributed by atoms with van der Waals surface area (Å²) in [6, 6.07) is 26.2. The van der Waals surface area contributed by atoms with Gasteiger partial charge in [0.15, 0.2) is 5.65 Å². The van der Waals surface area contributed by atoms with E-state index in [2.05, 4.69) is 20.6 Å². The Bertz CT molecular complexity index is 1320. The van der Waals surface area contributed by atoms with Crippen molar-refractivity contribution in [2.75, 3.05) is 10.6 Å². The molecular formula is C25H23FN6. The summed E-state index contributed by atoms with van der Waals surface area (Å²) in [5, 5.41) is 6.35. The molecule has 0 radical (unpaired) electrons. The lowest BCUT2D eigenvalue weighted by Gasteiger charge is -2.11. The highest BCUT2D eigenvalue weighted by Crippen LogP contribution is 2.27. The Morgan fingerprint density at radius 1 is 0.812 bits per heavy atom. The number of nitrogens with zero attached hydrogens (tertiary/aromatic N) is 4. The fourth-order valence-electron chi connectivity index (χ4n) is 3.32. The van der Waals surface area contributed by atoms with E-state index in [1.807, 2.05) is 65.2 Å². The first-order valence-electron chi connectivity index (χ1n) is 9.88. The van der Waals surface area contributed by atoms with Crippen molar-refractivity contribution in [3.63, 3.8) is 0 Å². The van der Waals surface area contributed by atoms with E-state index in [1.54, 1.807) is 24.4 Å². The van der Waals surface area contributed by atoms with Crippen LogP contribution in [0.5, 0.6) is 0 Å². The number of hydrogen-bond acceptors (Lipinski definition) is 5. The van der Waals surface area contributed by atoms with Crippen LogP contribution in [0.25, 0.3) is 16.9 Å². The number of imidazole rings is 1. The maximum absolute atomic E-state index is 14.3. The van der Waals surface area contributed by atoms with Crippen molar-refractivity contribution in [2.24, 2.45) is 0 Å². The minimum Gasteiger partial charge on any atom is -0.350 e. The average Bonchev–Trinajstić information content (AvgIpc) is 3.17. The molecule has 0 fully saturated rings. The summed E-state index contributed by atoms with van der Waals surface area (Å²) in [7, 11) is 0. The van der Waals surface area contributed by atoms with Crippen molar-refractivity contribution >= 4 is 28.7 Å². The molecule has 0 unspecified atom stereocenters. The van der Waals surface area contributed by atoms with Crippen molar-refractivity contribution in [1.82, 2.24) is 19.5 Å². The van der Waals surface area contributed by atoms with E-state index < -0.39 is 0 Å². The van der Waals surface area contributed by atoms with Gasteiger partial charge in [-0.2, -0.15) is 4.98 Å². The van der Waals surface area contributed by atoms with Gasteiger partial charge in [-0.3, -0.25) is 4.57 Å². The van der Waals surface area contributed by atoms with Crippen LogP contribution in [0.15, 0.2) is 91.1 Å². The summed E-state index contributed by atoms with van der Waals surface area (Å²) in [4.78, 5) is 13.7.